The molecule has 0 saturated carbocycles. The summed E-state index contributed by atoms with van der Waals surface area (Å²) in [6.07, 6.45) is 5.02. The summed E-state index contributed by atoms with van der Waals surface area (Å²) in [5.41, 5.74) is 2.09. The van der Waals surface area contributed by atoms with E-state index in [1.165, 1.54) is 54.2 Å². The maximum atomic E-state index is 12.9. The molecule has 2 aliphatic rings. The zero-order valence-corrected chi connectivity index (χ0v) is 19.3. The summed E-state index contributed by atoms with van der Waals surface area (Å²) in [7, 11) is 0. The topological polar surface area (TPSA) is 85.7 Å². The number of carbonyl (C=O) groups is 2. The Morgan fingerprint density at radius 2 is 2.19 bits per heavy atom. The van der Waals surface area contributed by atoms with E-state index in [-0.39, 0.29) is 18.1 Å². The second-order valence-electron chi connectivity index (χ2n) is 7.75. The van der Waals surface area contributed by atoms with E-state index in [0.717, 1.165) is 18.7 Å². The number of esters is 1. The average Bonchev–Trinajstić information content (AvgIpc) is 3.43. The summed E-state index contributed by atoms with van der Waals surface area (Å²) < 4.78 is 5.01. The number of anilines is 1. The van der Waals surface area contributed by atoms with Gasteiger partial charge in [0.25, 0.3) is 0 Å². The second kappa shape index (κ2) is 11.7. The molecular formula is C24H30N4O3S. The Morgan fingerprint density at radius 1 is 1.41 bits per heavy atom. The van der Waals surface area contributed by atoms with E-state index >= 15 is 0 Å². The van der Waals surface area contributed by atoms with Gasteiger partial charge >= 0.3 is 5.97 Å². The van der Waals surface area contributed by atoms with E-state index in [9.17, 15) is 14.9 Å². The van der Waals surface area contributed by atoms with E-state index in [4.69, 9.17) is 4.74 Å². The SMILES string of the molecule is C=CCOC(=O)/C(C#N)=C1\SC(CNc2cccc(CCN3CCCC3)c2)C(=O)N1CC. The first-order chi connectivity index (χ1) is 15.6. The smallest absolute Gasteiger partial charge is 0.351 e. The fourth-order valence-electron chi connectivity index (χ4n) is 3.87. The number of carbonyl (C=O) groups excluding carboxylic acids is 2. The van der Waals surface area contributed by atoms with Gasteiger partial charge in [-0.15, -0.1) is 0 Å². The third-order valence-corrected chi connectivity index (χ3v) is 6.85. The number of nitrogens with zero attached hydrogens (tertiary/aromatic N) is 3. The zero-order chi connectivity index (χ0) is 22.9. The highest BCUT2D eigenvalue weighted by atomic mass is 32.2. The van der Waals surface area contributed by atoms with Crippen LogP contribution in [0.2, 0.25) is 0 Å². The molecule has 1 aromatic carbocycles. The molecule has 3 rings (SSSR count). The molecule has 7 nitrogen and oxygen atoms in total. The summed E-state index contributed by atoms with van der Waals surface area (Å²) in [6.45, 7) is 9.57. The average molecular weight is 455 g/mol. The molecule has 1 unspecified atom stereocenters. The Labute approximate surface area is 194 Å². The van der Waals surface area contributed by atoms with E-state index in [1.54, 1.807) is 0 Å². The molecule has 0 spiro atoms. The fourth-order valence-corrected chi connectivity index (χ4v) is 5.13. The quantitative estimate of drug-likeness (QED) is 0.252. The van der Waals surface area contributed by atoms with Crippen LogP contribution >= 0.6 is 11.8 Å². The highest BCUT2D eigenvalue weighted by molar-refractivity contribution is 8.04. The Kier molecular flexibility index (Phi) is 8.77. The number of nitriles is 1. The molecule has 8 heteroatoms. The van der Waals surface area contributed by atoms with Crippen LogP contribution < -0.4 is 5.32 Å². The third kappa shape index (κ3) is 5.93. The van der Waals surface area contributed by atoms with Crippen molar-refractivity contribution in [1.29, 1.82) is 5.26 Å². The standard InChI is InChI=1S/C24H30N4O3S/c1-3-14-31-24(30)20(16-25)23-28(4-2)22(29)21(32-23)17-26-19-9-7-8-18(15-19)10-13-27-11-5-6-12-27/h3,7-9,15,21,26H,1,4-6,10-14,17H2,2H3/b23-20-. The lowest BCUT2D eigenvalue weighted by Gasteiger charge is -2.16. The highest BCUT2D eigenvalue weighted by Gasteiger charge is 2.39. The number of thioether (sulfide) groups is 1. The normalized spacial score (nSPS) is 20.2. The van der Waals surface area contributed by atoms with Crippen LogP contribution in [-0.2, 0) is 20.7 Å². The molecule has 32 heavy (non-hydrogen) atoms. The van der Waals surface area contributed by atoms with E-state index in [1.807, 2.05) is 25.1 Å². The van der Waals surface area contributed by atoms with Crippen LogP contribution in [0, 0.1) is 11.3 Å². The van der Waals surface area contributed by atoms with Gasteiger partial charge in [0.05, 0.1) is 0 Å². The Bertz CT molecular complexity index is 918. The Morgan fingerprint density at radius 3 is 2.88 bits per heavy atom. The van der Waals surface area contributed by atoms with Crippen LogP contribution in [0.25, 0.3) is 0 Å². The van der Waals surface area contributed by atoms with Crippen molar-refractivity contribution in [2.24, 2.45) is 0 Å². The van der Waals surface area contributed by atoms with Crippen molar-refractivity contribution in [3.63, 3.8) is 0 Å². The predicted octanol–water partition coefficient (Wildman–Crippen LogP) is 3.17. The van der Waals surface area contributed by atoms with Crippen LogP contribution in [0.1, 0.15) is 25.3 Å². The van der Waals surface area contributed by atoms with Crippen LogP contribution in [0.4, 0.5) is 5.69 Å². The fraction of sp³-hybridized carbons (Fsp3) is 0.458. The van der Waals surface area contributed by atoms with Crippen LogP contribution in [0.5, 0.6) is 0 Å². The summed E-state index contributed by atoms with van der Waals surface area (Å²) in [6, 6.07) is 10.2. The van der Waals surface area contributed by atoms with E-state index in [2.05, 4.69) is 28.9 Å². The summed E-state index contributed by atoms with van der Waals surface area (Å²) in [5, 5.41) is 12.8. The van der Waals surface area contributed by atoms with Gasteiger partial charge < -0.3 is 19.9 Å². The molecule has 170 valence electrons. The van der Waals surface area contributed by atoms with Gasteiger partial charge in [-0.05, 0) is 57.0 Å². The molecule has 0 aromatic heterocycles. The second-order valence-corrected chi connectivity index (χ2v) is 8.94. The zero-order valence-electron chi connectivity index (χ0n) is 18.5. The molecule has 0 aliphatic carbocycles. The number of nitrogens with one attached hydrogen (secondary N) is 1. The molecule has 2 heterocycles. The van der Waals surface area contributed by atoms with E-state index < -0.39 is 11.2 Å². The summed E-state index contributed by atoms with van der Waals surface area (Å²) in [5.74, 6) is -0.852. The van der Waals surface area contributed by atoms with Crippen molar-refractivity contribution < 1.29 is 14.3 Å². The third-order valence-electron chi connectivity index (χ3n) is 5.55. The van der Waals surface area contributed by atoms with Crippen molar-refractivity contribution in [2.75, 3.05) is 44.6 Å². The van der Waals surface area contributed by atoms with Crippen molar-refractivity contribution in [3.05, 3.63) is 53.1 Å². The number of amides is 1. The molecule has 0 radical (unpaired) electrons. The largest absolute Gasteiger partial charge is 0.457 e. The molecule has 1 N–H and O–H groups in total. The lowest BCUT2D eigenvalue weighted by Crippen LogP contribution is -2.32. The Balaban J connectivity index is 1.63. The van der Waals surface area contributed by atoms with Gasteiger partial charge in [-0.1, -0.05) is 36.5 Å². The first-order valence-electron chi connectivity index (χ1n) is 11.0. The lowest BCUT2D eigenvalue weighted by atomic mass is 10.1. The molecule has 1 amide bonds. The lowest BCUT2D eigenvalue weighted by molar-refractivity contribution is -0.137. The first kappa shape index (κ1) is 23.9. The van der Waals surface area contributed by atoms with Gasteiger partial charge in [-0.25, -0.2) is 4.79 Å². The summed E-state index contributed by atoms with van der Waals surface area (Å²) in [4.78, 5) is 29.1. The molecule has 2 aliphatic heterocycles. The molecule has 1 atom stereocenters. The minimum absolute atomic E-state index is 0.0150. The number of likely N-dealkylation sites (tertiary alicyclic amines) is 1. The van der Waals surface area contributed by atoms with Crippen LogP contribution in [0.3, 0.4) is 0 Å². The van der Waals surface area contributed by atoms with Gasteiger partial charge in [0.15, 0.2) is 5.57 Å². The van der Waals surface area contributed by atoms with Crippen LogP contribution in [0.15, 0.2) is 47.5 Å². The predicted molar refractivity (Wildman–Crippen MR) is 127 cm³/mol. The van der Waals surface area contributed by atoms with Crippen molar-refractivity contribution in [3.8, 4) is 6.07 Å². The number of ether oxygens (including phenoxy) is 1. The molecule has 1 aromatic rings. The minimum Gasteiger partial charge on any atom is -0.457 e. The van der Waals surface area contributed by atoms with Gasteiger partial charge in [-0.2, -0.15) is 5.26 Å². The van der Waals surface area contributed by atoms with E-state index in [0.29, 0.717) is 18.1 Å². The molecule has 2 saturated heterocycles. The minimum atomic E-state index is -0.736. The number of benzene rings is 1. The maximum absolute atomic E-state index is 12.9. The number of hydrogen-bond donors (Lipinski definition) is 1. The van der Waals surface area contributed by atoms with Crippen molar-refractivity contribution in [2.45, 2.75) is 31.4 Å². The van der Waals surface area contributed by atoms with Gasteiger partial charge in [0.1, 0.15) is 23.0 Å². The Hall–Kier alpha value is -2.76. The highest BCUT2D eigenvalue weighted by Crippen LogP contribution is 2.37. The maximum Gasteiger partial charge on any atom is 0.351 e. The van der Waals surface area contributed by atoms with Crippen LogP contribution in [-0.4, -0.2) is 66.3 Å². The van der Waals surface area contributed by atoms with Crippen molar-refractivity contribution >= 4 is 29.3 Å². The van der Waals surface area contributed by atoms with Gasteiger partial charge in [0, 0.05) is 25.3 Å². The van der Waals surface area contributed by atoms with Gasteiger partial charge in [-0.3, -0.25) is 4.79 Å². The summed E-state index contributed by atoms with van der Waals surface area (Å²) >= 11 is 1.23. The molecule has 2 fully saturated rings. The molecular weight excluding hydrogens is 424 g/mol. The monoisotopic (exact) mass is 454 g/mol. The van der Waals surface area contributed by atoms with Crippen molar-refractivity contribution in [1.82, 2.24) is 9.80 Å². The van der Waals surface area contributed by atoms with Gasteiger partial charge in [0.2, 0.25) is 5.91 Å². The first-order valence-corrected chi connectivity index (χ1v) is 11.9. The molecule has 0 bridgehead atoms. The number of hydrogen-bond acceptors (Lipinski definition) is 7. The number of rotatable bonds is 10.